The van der Waals surface area contributed by atoms with E-state index in [9.17, 15) is 8.42 Å². The average molecular weight is 349 g/mol. The van der Waals surface area contributed by atoms with Crippen LogP contribution in [0.15, 0.2) is 23.1 Å². The maximum absolute atomic E-state index is 13.1. The van der Waals surface area contributed by atoms with Gasteiger partial charge in [0.25, 0.3) is 0 Å². The fourth-order valence-corrected chi connectivity index (χ4v) is 5.81. The van der Waals surface area contributed by atoms with E-state index in [1.54, 1.807) is 4.31 Å². The lowest BCUT2D eigenvalue weighted by Gasteiger charge is -2.36. The number of hydrogen-bond acceptors (Lipinski definition) is 3. The number of hydrogen-bond donors (Lipinski definition) is 0. The molecule has 0 bridgehead atoms. The first-order valence-electron chi connectivity index (χ1n) is 9.50. The lowest BCUT2D eigenvalue weighted by atomic mass is 9.91. The Hall–Kier alpha value is -0.910. The van der Waals surface area contributed by atoms with Gasteiger partial charge in [-0.05, 0) is 74.8 Å². The molecule has 0 unspecified atom stereocenters. The Balaban J connectivity index is 1.51. The highest BCUT2D eigenvalue weighted by atomic mass is 32.2. The molecule has 1 saturated heterocycles. The molecule has 24 heavy (non-hydrogen) atoms. The Bertz CT molecular complexity index is 697. The van der Waals surface area contributed by atoms with Gasteiger partial charge < -0.3 is 0 Å². The Morgan fingerprint density at radius 3 is 2.38 bits per heavy atom. The first-order valence-corrected chi connectivity index (χ1v) is 10.9. The van der Waals surface area contributed by atoms with E-state index in [1.165, 1.54) is 43.2 Å². The van der Waals surface area contributed by atoms with Crippen LogP contribution in [0.4, 0.5) is 0 Å². The Morgan fingerprint density at radius 2 is 1.62 bits per heavy atom. The molecule has 132 valence electrons. The second-order valence-corrected chi connectivity index (χ2v) is 9.45. The monoisotopic (exact) mass is 348 g/mol. The summed E-state index contributed by atoms with van der Waals surface area (Å²) in [4.78, 5) is 3.01. The van der Waals surface area contributed by atoms with Gasteiger partial charge in [-0.15, -0.1) is 0 Å². The summed E-state index contributed by atoms with van der Waals surface area (Å²) in [5.41, 5.74) is 2.58. The summed E-state index contributed by atoms with van der Waals surface area (Å²) in [7, 11) is -3.35. The number of aryl methyl sites for hydroxylation is 2. The average Bonchev–Trinajstić information content (AvgIpc) is 2.79. The van der Waals surface area contributed by atoms with E-state index in [0.29, 0.717) is 24.0 Å². The summed E-state index contributed by atoms with van der Waals surface area (Å²) in [5, 5.41) is 0. The number of rotatable bonds is 3. The SMILES string of the molecule is O=S(=O)(c1ccc2c(c1)CCCC2)N1CCCN(C2CCC2)CC1. The molecule has 2 fully saturated rings. The minimum Gasteiger partial charge on any atom is -0.299 e. The normalized spacial score (nSPS) is 24.2. The van der Waals surface area contributed by atoms with Crippen molar-refractivity contribution in [2.45, 2.75) is 62.3 Å². The van der Waals surface area contributed by atoms with Crippen molar-refractivity contribution in [2.24, 2.45) is 0 Å². The molecule has 0 aromatic heterocycles. The molecule has 1 aromatic carbocycles. The van der Waals surface area contributed by atoms with Crippen LogP contribution in [0.2, 0.25) is 0 Å². The zero-order valence-electron chi connectivity index (χ0n) is 14.4. The third kappa shape index (κ3) is 3.14. The van der Waals surface area contributed by atoms with Crippen LogP contribution in [0.5, 0.6) is 0 Å². The van der Waals surface area contributed by atoms with Crippen LogP contribution in [0.1, 0.15) is 49.7 Å². The van der Waals surface area contributed by atoms with Crippen LogP contribution in [-0.4, -0.2) is 49.8 Å². The summed E-state index contributed by atoms with van der Waals surface area (Å²) in [6.45, 7) is 3.22. The van der Waals surface area contributed by atoms with Gasteiger partial charge in [-0.1, -0.05) is 12.5 Å². The highest BCUT2D eigenvalue weighted by Gasteiger charge is 2.31. The summed E-state index contributed by atoms with van der Waals surface area (Å²) >= 11 is 0. The predicted molar refractivity (Wildman–Crippen MR) is 95.7 cm³/mol. The van der Waals surface area contributed by atoms with Crippen LogP contribution in [0.3, 0.4) is 0 Å². The smallest absolute Gasteiger partial charge is 0.243 e. The maximum atomic E-state index is 13.1. The molecule has 3 aliphatic rings. The van der Waals surface area contributed by atoms with Crippen LogP contribution in [0.25, 0.3) is 0 Å². The Kier molecular flexibility index (Phi) is 4.67. The van der Waals surface area contributed by atoms with Gasteiger partial charge in [0.05, 0.1) is 4.90 Å². The van der Waals surface area contributed by atoms with Gasteiger partial charge in [-0.3, -0.25) is 4.90 Å². The van der Waals surface area contributed by atoms with Crippen LogP contribution >= 0.6 is 0 Å². The van der Waals surface area contributed by atoms with E-state index < -0.39 is 10.0 Å². The molecule has 1 aromatic rings. The molecule has 0 amide bonds. The van der Waals surface area contributed by atoms with Gasteiger partial charge in [-0.2, -0.15) is 4.31 Å². The first kappa shape index (κ1) is 16.6. The quantitative estimate of drug-likeness (QED) is 0.843. The zero-order valence-corrected chi connectivity index (χ0v) is 15.2. The minimum absolute atomic E-state index is 0.500. The highest BCUT2D eigenvalue weighted by Crippen LogP contribution is 2.28. The molecule has 1 aliphatic heterocycles. The van der Waals surface area contributed by atoms with Crippen LogP contribution < -0.4 is 0 Å². The lowest BCUT2D eigenvalue weighted by Crippen LogP contribution is -2.42. The van der Waals surface area contributed by atoms with E-state index in [4.69, 9.17) is 0 Å². The molecular weight excluding hydrogens is 320 g/mol. The summed E-state index contributed by atoms with van der Waals surface area (Å²) in [6.07, 6.45) is 9.37. The number of nitrogens with zero attached hydrogens (tertiary/aromatic N) is 2. The maximum Gasteiger partial charge on any atom is 0.243 e. The van der Waals surface area contributed by atoms with Crippen molar-refractivity contribution in [1.82, 2.24) is 9.21 Å². The predicted octanol–water partition coefficient (Wildman–Crippen LogP) is 2.81. The third-order valence-electron chi connectivity index (χ3n) is 6.04. The molecular formula is C19H28N2O2S. The van der Waals surface area contributed by atoms with Gasteiger partial charge >= 0.3 is 0 Å². The lowest BCUT2D eigenvalue weighted by molar-refractivity contribution is 0.134. The number of fused-ring (bicyclic) bond motifs is 1. The van der Waals surface area contributed by atoms with Crippen molar-refractivity contribution in [3.63, 3.8) is 0 Å². The molecule has 0 N–H and O–H groups in total. The second-order valence-electron chi connectivity index (χ2n) is 7.52. The fraction of sp³-hybridized carbons (Fsp3) is 0.684. The van der Waals surface area contributed by atoms with E-state index in [2.05, 4.69) is 4.90 Å². The van der Waals surface area contributed by atoms with E-state index in [-0.39, 0.29) is 0 Å². The van der Waals surface area contributed by atoms with Crippen molar-refractivity contribution in [3.05, 3.63) is 29.3 Å². The molecule has 5 heteroatoms. The van der Waals surface area contributed by atoms with E-state index in [0.717, 1.165) is 32.4 Å². The molecule has 4 rings (SSSR count). The van der Waals surface area contributed by atoms with Crippen LogP contribution in [-0.2, 0) is 22.9 Å². The molecule has 2 aliphatic carbocycles. The molecule has 0 spiro atoms. The largest absolute Gasteiger partial charge is 0.299 e. The zero-order chi connectivity index (χ0) is 16.6. The van der Waals surface area contributed by atoms with Crippen molar-refractivity contribution in [2.75, 3.05) is 26.2 Å². The summed E-state index contributed by atoms with van der Waals surface area (Å²) in [5.74, 6) is 0. The van der Waals surface area contributed by atoms with Crippen LogP contribution in [0, 0.1) is 0 Å². The van der Waals surface area contributed by atoms with Crippen molar-refractivity contribution in [1.29, 1.82) is 0 Å². The van der Waals surface area contributed by atoms with E-state index in [1.807, 2.05) is 18.2 Å². The molecule has 4 nitrogen and oxygen atoms in total. The highest BCUT2D eigenvalue weighted by molar-refractivity contribution is 7.89. The summed E-state index contributed by atoms with van der Waals surface area (Å²) in [6, 6.07) is 6.52. The van der Waals surface area contributed by atoms with Gasteiger partial charge in [0, 0.05) is 25.7 Å². The Labute approximate surface area is 145 Å². The number of sulfonamides is 1. The second kappa shape index (κ2) is 6.77. The standard InChI is InChI=1S/C19H28N2O2S/c22-24(23,19-10-9-16-5-1-2-6-17(16)15-19)21-12-4-11-20(13-14-21)18-7-3-8-18/h9-10,15,18H,1-8,11-14H2. The van der Waals surface area contributed by atoms with Gasteiger partial charge in [0.15, 0.2) is 0 Å². The molecule has 1 saturated carbocycles. The van der Waals surface area contributed by atoms with Gasteiger partial charge in [-0.25, -0.2) is 8.42 Å². The topological polar surface area (TPSA) is 40.6 Å². The first-order chi connectivity index (χ1) is 11.6. The van der Waals surface area contributed by atoms with Crippen molar-refractivity contribution < 1.29 is 8.42 Å². The van der Waals surface area contributed by atoms with E-state index >= 15 is 0 Å². The van der Waals surface area contributed by atoms with Gasteiger partial charge in [0.1, 0.15) is 0 Å². The van der Waals surface area contributed by atoms with Gasteiger partial charge in [0.2, 0.25) is 10.0 Å². The number of benzene rings is 1. The fourth-order valence-electron chi connectivity index (χ4n) is 4.29. The minimum atomic E-state index is -3.35. The Morgan fingerprint density at radius 1 is 0.833 bits per heavy atom. The molecule has 1 heterocycles. The van der Waals surface area contributed by atoms with Crippen molar-refractivity contribution in [3.8, 4) is 0 Å². The molecule has 0 radical (unpaired) electrons. The van der Waals surface area contributed by atoms with Crippen molar-refractivity contribution >= 4 is 10.0 Å². The molecule has 0 atom stereocenters. The summed E-state index contributed by atoms with van der Waals surface area (Å²) < 4.78 is 27.9. The third-order valence-corrected chi connectivity index (χ3v) is 7.93.